The Morgan fingerprint density at radius 1 is 0.943 bits per heavy atom. The monoisotopic (exact) mass is 499 g/mol. The minimum absolute atomic E-state index is 0.00347. The fourth-order valence-corrected chi connectivity index (χ4v) is 5.61. The van der Waals surface area contributed by atoms with Crippen LogP contribution in [0.25, 0.3) is 0 Å². The summed E-state index contributed by atoms with van der Waals surface area (Å²) in [6.45, 7) is 7.08. The zero-order chi connectivity index (χ0) is 24.9. The number of hydroxylamine groups is 2. The van der Waals surface area contributed by atoms with Crippen LogP contribution in [0.3, 0.4) is 0 Å². The highest BCUT2D eigenvalue weighted by molar-refractivity contribution is 5.05. The number of hydrogen-bond donors (Lipinski definition) is 3. The molecule has 0 spiro atoms. The van der Waals surface area contributed by atoms with E-state index in [9.17, 15) is 19.9 Å². The Morgan fingerprint density at radius 3 is 2.31 bits per heavy atom. The number of hydrogen-bond acceptors (Lipinski definition) is 12. The van der Waals surface area contributed by atoms with E-state index in [-0.39, 0.29) is 6.61 Å². The summed E-state index contributed by atoms with van der Waals surface area (Å²) in [5, 5.41) is 23.1. The van der Waals surface area contributed by atoms with Crippen LogP contribution in [0.5, 0.6) is 0 Å². The zero-order valence-corrected chi connectivity index (χ0v) is 19.6. The average Bonchev–Trinajstić information content (AvgIpc) is 3.37. The predicted molar refractivity (Wildman–Crippen MR) is 111 cm³/mol. The first kappa shape index (κ1) is 23.7. The fraction of sp³-hybridized carbons (Fsp3) is 0.810. The Morgan fingerprint density at radius 2 is 1.60 bits per heavy atom. The summed E-state index contributed by atoms with van der Waals surface area (Å²) in [6, 6.07) is 0.191. The highest BCUT2D eigenvalue weighted by atomic mass is 16.9. The van der Waals surface area contributed by atoms with Crippen molar-refractivity contribution in [3.05, 3.63) is 33.1 Å². The van der Waals surface area contributed by atoms with Gasteiger partial charge in [-0.2, -0.15) is 5.06 Å². The van der Waals surface area contributed by atoms with Gasteiger partial charge in [-0.05, 0) is 27.7 Å². The van der Waals surface area contributed by atoms with E-state index in [2.05, 4.69) is 4.98 Å². The number of aliphatic hydroxyl groups excluding tert-OH is 1. The van der Waals surface area contributed by atoms with Crippen molar-refractivity contribution in [2.75, 3.05) is 6.61 Å². The van der Waals surface area contributed by atoms with Gasteiger partial charge in [0.15, 0.2) is 30.3 Å². The number of fused-ring (bicyclic) bond motifs is 4. The summed E-state index contributed by atoms with van der Waals surface area (Å²) in [4.78, 5) is 25.8. The number of aromatic nitrogens is 2. The van der Waals surface area contributed by atoms with Gasteiger partial charge in [0.05, 0.1) is 12.6 Å². The van der Waals surface area contributed by atoms with Gasteiger partial charge in [-0.1, -0.05) is 0 Å². The van der Waals surface area contributed by atoms with Crippen LogP contribution in [0.2, 0.25) is 0 Å². The van der Waals surface area contributed by atoms with Crippen molar-refractivity contribution in [2.45, 2.75) is 101 Å². The molecule has 1 aromatic heterocycles. The second kappa shape index (κ2) is 7.89. The largest absolute Gasteiger partial charge is 0.387 e. The molecular formula is C21H29N3O11. The van der Waals surface area contributed by atoms with Crippen molar-refractivity contribution in [1.29, 1.82) is 0 Å². The van der Waals surface area contributed by atoms with Crippen LogP contribution < -0.4 is 11.2 Å². The van der Waals surface area contributed by atoms with Gasteiger partial charge in [0.2, 0.25) is 0 Å². The molecule has 0 amide bonds. The Hall–Kier alpha value is -1.72. The molecule has 0 radical (unpaired) electrons. The van der Waals surface area contributed by atoms with E-state index in [1.54, 1.807) is 27.7 Å². The molecule has 194 valence electrons. The van der Waals surface area contributed by atoms with Crippen LogP contribution in [-0.2, 0) is 33.2 Å². The van der Waals surface area contributed by atoms with Crippen LogP contribution in [0.1, 0.15) is 33.9 Å². The normalized spacial score (nSPS) is 46.2. The molecule has 10 atom stereocenters. The number of ether oxygens (including phenoxy) is 7. The third-order valence-corrected chi connectivity index (χ3v) is 6.93. The summed E-state index contributed by atoms with van der Waals surface area (Å²) in [7, 11) is 0. The van der Waals surface area contributed by atoms with Crippen molar-refractivity contribution in [3.8, 4) is 0 Å². The van der Waals surface area contributed by atoms with E-state index >= 15 is 0 Å². The standard InChI is InChI=1S/C21H29N3O11/c1-20(2)32-12-13(33-20)15-18(35-21(3,4)34-15)31-14(12)17-24(28)10-8(7-29-17)30-16(11(10)26)23-6-5-9(25)22-19(23)27/h5-6,8,10-18,26,28H,7H2,1-4H3,(H,22,25,27)/t8?,10?,11?,12?,13?,14-,15?,16?,17?,18?/m0/s1. The van der Waals surface area contributed by atoms with Gasteiger partial charge in [0.25, 0.3) is 5.56 Å². The number of rotatable bonds is 2. The quantitative estimate of drug-likeness (QED) is 0.437. The van der Waals surface area contributed by atoms with E-state index in [0.29, 0.717) is 0 Å². The Kier molecular flexibility index (Phi) is 5.33. The van der Waals surface area contributed by atoms with E-state index in [1.165, 1.54) is 6.20 Å². The van der Waals surface area contributed by atoms with E-state index < -0.39 is 84.2 Å². The molecule has 3 N–H and O–H groups in total. The van der Waals surface area contributed by atoms with Gasteiger partial charge in [0, 0.05) is 12.3 Å². The highest BCUT2D eigenvalue weighted by Crippen LogP contribution is 2.46. The first-order valence-corrected chi connectivity index (χ1v) is 11.5. The molecule has 0 saturated carbocycles. The maximum atomic E-state index is 12.2. The van der Waals surface area contributed by atoms with Crippen LogP contribution in [0, 0.1) is 0 Å². The lowest BCUT2D eigenvalue weighted by molar-refractivity contribution is -0.350. The van der Waals surface area contributed by atoms with Gasteiger partial charge in [-0.25, -0.2) is 4.79 Å². The molecule has 6 heterocycles. The first-order valence-electron chi connectivity index (χ1n) is 11.5. The maximum Gasteiger partial charge on any atom is 0.330 e. The number of aliphatic hydroxyl groups is 1. The molecule has 5 fully saturated rings. The molecule has 5 aliphatic rings. The summed E-state index contributed by atoms with van der Waals surface area (Å²) in [5.74, 6) is -1.85. The Labute approximate surface area is 199 Å². The molecule has 5 saturated heterocycles. The van der Waals surface area contributed by atoms with E-state index in [4.69, 9.17) is 33.2 Å². The summed E-state index contributed by atoms with van der Waals surface area (Å²) in [6.07, 6.45) is -6.50. The molecule has 0 aromatic carbocycles. The van der Waals surface area contributed by atoms with E-state index in [0.717, 1.165) is 15.7 Å². The van der Waals surface area contributed by atoms with Gasteiger partial charge < -0.3 is 43.5 Å². The molecule has 35 heavy (non-hydrogen) atoms. The summed E-state index contributed by atoms with van der Waals surface area (Å²) in [5.41, 5.74) is -1.32. The van der Waals surface area contributed by atoms with Gasteiger partial charge >= 0.3 is 5.69 Å². The molecule has 9 unspecified atom stereocenters. The third-order valence-electron chi connectivity index (χ3n) is 6.93. The Bertz CT molecular complexity index is 1100. The van der Waals surface area contributed by atoms with Crippen molar-refractivity contribution in [3.63, 3.8) is 0 Å². The predicted octanol–water partition coefficient (Wildman–Crippen LogP) is -1.39. The SMILES string of the molecule is CC1(C)OC2O[C@H](C3OCC4OC(n5ccc(=O)[nH]c5=O)C(O)C4N3O)C3OC(C)(C)OC3C2O1. The number of aromatic amines is 1. The average molecular weight is 499 g/mol. The lowest BCUT2D eigenvalue weighted by Crippen LogP contribution is -2.67. The second-order valence-corrected chi connectivity index (χ2v) is 10.3. The number of nitrogens with zero attached hydrogens (tertiary/aromatic N) is 2. The molecule has 0 bridgehead atoms. The number of nitrogens with one attached hydrogen (secondary N) is 1. The molecule has 5 aliphatic heterocycles. The van der Waals surface area contributed by atoms with Crippen molar-refractivity contribution in [2.24, 2.45) is 0 Å². The third kappa shape index (κ3) is 3.80. The van der Waals surface area contributed by atoms with Gasteiger partial charge in [0.1, 0.15) is 36.6 Å². The lowest BCUT2D eigenvalue weighted by Gasteiger charge is -2.46. The number of H-pyrrole nitrogens is 1. The van der Waals surface area contributed by atoms with Gasteiger partial charge in [-0.15, -0.1) is 0 Å². The molecule has 14 heteroatoms. The van der Waals surface area contributed by atoms with Gasteiger partial charge in [-0.3, -0.25) is 14.3 Å². The summed E-state index contributed by atoms with van der Waals surface area (Å²) < 4.78 is 43.2. The highest BCUT2D eigenvalue weighted by Gasteiger charge is 2.64. The minimum atomic E-state index is -1.32. The smallest absolute Gasteiger partial charge is 0.330 e. The van der Waals surface area contributed by atoms with Crippen molar-refractivity contribution < 1.29 is 43.5 Å². The second-order valence-electron chi connectivity index (χ2n) is 10.3. The zero-order valence-electron chi connectivity index (χ0n) is 19.6. The molecule has 14 nitrogen and oxygen atoms in total. The topological polar surface area (TPSA) is 163 Å². The Balaban J connectivity index is 1.27. The van der Waals surface area contributed by atoms with E-state index in [1.807, 2.05) is 0 Å². The van der Waals surface area contributed by atoms with Crippen molar-refractivity contribution in [1.82, 2.24) is 14.6 Å². The molecular weight excluding hydrogens is 470 g/mol. The van der Waals surface area contributed by atoms with Crippen LogP contribution in [-0.4, -0.2) is 98.3 Å². The van der Waals surface area contributed by atoms with Crippen molar-refractivity contribution >= 4 is 0 Å². The van der Waals surface area contributed by atoms with Crippen LogP contribution in [0.15, 0.2) is 21.9 Å². The van der Waals surface area contributed by atoms with Crippen LogP contribution >= 0.6 is 0 Å². The molecule has 6 rings (SSSR count). The lowest BCUT2D eigenvalue weighted by atomic mass is 9.95. The molecule has 1 aromatic rings. The maximum absolute atomic E-state index is 12.2. The first-order chi connectivity index (χ1) is 16.4. The fourth-order valence-electron chi connectivity index (χ4n) is 5.61. The van der Waals surface area contributed by atoms with Crippen LogP contribution in [0.4, 0.5) is 0 Å². The molecule has 0 aliphatic carbocycles. The minimum Gasteiger partial charge on any atom is -0.387 e. The summed E-state index contributed by atoms with van der Waals surface area (Å²) >= 11 is 0.